The molecule has 0 saturated carbocycles. The van der Waals surface area contributed by atoms with Crippen LogP contribution in [0.25, 0.3) is 0 Å². The van der Waals surface area contributed by atoms with Crippen molar-refractivity contribution in [1.29, 1.82) is 0 Å². The van der Waals surface area contributed by atoms with E-state index in [1.54, 1.807) is 13.8 Å². The highest BCUT2D eigenvalue weighted by molar-refractivity contribution is 8.00. The first-order valence-electron chi connectivity index (χ1n) is 12.2. The molecule has 0 spiro atoms. The molecular weight excluding hydrogens is 540 g/mol. The molecule has 1 saturated heterocycles. The number of nitrogens with zero attached hydrogens (tertiary/aromatic N) is 1. The molecule has 3 rings (SSSR count). The Labute approximate surface area is 227 Å². The molecule has 2 unspecified atom stereocenters. The zero-order valence-electron chi connectivity index (χ0n) is 21.3. The van der Waals surface area contributed by atoms with Crippen molar-refractivity contribution in [1.82, 2.24) is 10.2 Å². The number of carbonyl (C=O) groups is 3. The number of thioether (sulfide) groups is 1. The van der Waals surface area contributed by atoms with Gasteiger partial charge in [-0.2, -0.15) is 0 Å². The molecule has 1 fully saturated rings. The fraction of sp³-hybridized carbons (Fsp3) is 0.423. The van der Waals surface area contributed by atoms with Crippen molar-refractivity contribution in [2.75, 3.05) is 17.6 Å². The number of rotatable bonds is 11. The topological polar surface area (TPSA) is 125 Å². The van der Waals surface area contributed by atoms with Crippen molar-refractivity contribution in [2.45, 2.75) is 50.7 Å². The molecule has 0 bridgehead atoms. The molecule has 0 radical (unpaired) electrons. The van der Waals surface area contributed by atoms with Gasteiger partial charge in [-0.05, 0) is 36.1 Å². The van der Waals surface area contributed by atoms with E-state index in [-0.39, 0.29) is 48.7 Å². The molecule has 5 N–H and O–H groups in total. The minimum absolute atomic E-state index is 0.161. The number of carboxylic acids is 1. The summed E-state index contributed by atoms with van der Waals surface area (Å²) in [6.07, 6.45) is -0.458. The molecule has 1 heterocycles. The van der Waals surface area contributed by atoms with Crippen LogP contribution in [0.4, 0.5) is 23.2 Å². The van der Waals surface area contributed by atoms with Crippen LogP contribution in [-0.2, 0) is 27.3 Å². The summed E-state index contributed by atoms with van der Waals surface area (Å²) in [7, 11) is 0. The Morgan fingerprint density at radius 2 is 1.72 bits per heavy atom. The number of nitrogens with one attached hydrogen (secondary N) is 2. The monoisotopic (exact) mass is 570 g/mol. The largest absolute Gasteiger partial charge is 0.480 e. The zero-order chi connectivity index (χ0) is 28.9. The zero-order valence-corrected chi connectivity index (χ0v) is 22.2. The van der Waals surface area contributed by atoms with Gasteiger partial charge in [0.05, 0.1) is 0 Å². The standard InChI is InChI=1S/C26H30F4N4O4S/c1-13(2)23(26(37)38)33-17-4-3-14(18(27)10-17)12-32-24(36)25-34(5-6-39-25)22(35)9-16(31)7-15-8-20(29)21(30)11-19(15)28/h3-4,8,10-11,13,16,23,25,33H,5-7,9,12,31H2,1-2H3,(H,32,36)(H,37,38)/t16?,23?,25-/m0/s1. The van der Waals surface area contributed by atoms with Crippen LogP contribution in [0.5, 0.6) is 0 Å². The number of carboxylic acid groups (broad SMARTS) is 1. The van der Waals surface area contributed by atoms with Crippen molar-refractivity contribution >= 4 is 35.2 Å². The molecule has 1 aliphatic heterocycles. The predicted molar refractivity (Wildman–Crippen MR) is 139 cm³/mol. The van der Waals surface area contributed by atoms with Crippen LogP contribution in [0.1, 0.15) is 31.4 Å². The van der Waals surface area contributed by atoms with Gasteiger partial charge < -0.3 is 26.4 Å². The molecule has 1 aliphatic rings. The number of nitrogens with two attached hydrogens (primary N) is 1. The van der Waals surface area contributed by atoms with E-state index in [1.165, 1.54) is 28.8 Å². The highest BCUT2D eigenvalue weighted by atomic mass is 32.2. The number of amides is 2. The Morgan fingerprint density at radius 3 is 2.36 bits per heavy atom. The van der Waals surface area contributed by atoms with Crippen molar-refractivity contribution in [3.05, 3.63) is 64.7 Å². The van der Waals surface area contributed by atoms with Gasteiger partial charge in [0.1, 0.15) is 17.7 Å². The molecule has 8 nitrogen and oxygen atoms in total. The van der Waals surface area contributed by atoms with Gasteiger partial charge in [-0.15, -0.1) is 11.8 Å². The van der Waals surface area contributed by atoms with E-state index in [9.17, 15) is 37.1 Å². The Balaban J connectivity index is 1.56. The number of halogens is 4. The minimum Gasteiger partial charge on any atom is -0.480 e. The van der Waals surface area contributed by atoms with Gasteiger partial charge in [-0.3, -0.25) is 9.59 Å². The molecule has 39 heavy (non-hydrogen) atoms. The van der Waals surface area contributed by atoms with E-state index in [4.69, 9.17) is 5.73 Å². The number of aliphatic carboxylic acids is 1. The van der Waals surface area contributed by atoms with E-state index >= 15 is 0 Å². The summed E-state index contributed by atoms with van der Waals surface area (Å²) in [4.78, 5) is 38.3. The maximum absolute atomic E-state index is 14.6. The van der Waals surface area contributed by atoms with Gasteiger partial charge >= 0.3 is 5.97 Å². The number of carbonyl (C=O) groups excluding carboxylic acids is 2. The van der Waals surface area contributed by atoms with Gasteiger partial charge in [0.25, 0.3) is 5.91 Å². The maximum Gasteiger partial charge on any atom is 0.326 e. The summed E-state index contributed by atoms with van der Waals surface area (Å²) in [6, 6.07) is 3.41. The first-order valence-corrected chi connectivity index (χ1v) is 13.3. The molecule has 212 valence electrons. The van der Waals surface area contributed by atoms with Gasteiger partial charge in [-0.25, -0.2) is 22.4 Å². The Morgan fingerprint density at radius 1 is 1.05 bits per heavy atom. The number of hydrogen-bond donors (Lipinski definition) is 4. The average molecular weight is 571 g/mol. The van der Waals surface area contributed by atoms with E-state index in [1.807, 2.05) is 0 Å². The van der Waals surface area contributed by atoms with Crippen LogP contribution in [0, 0.1) is 29.2 Å². The quantitative estimate of drug-likeness (QED) is 0.242. The molecule has 0 aliphatic carbocycles. The number of benzene rings is 2. The lowest BCUT2D eigenvalue weighted by atomic mass is 10.0. The Bertz CT molecular complexity index is 1230. The van der Waals surface area contributed by atoms with Crippen molar-refractivity contribution < 1.29 is 37.1 Å². The van der Waals surface area contributed by atoms with E-state index in [0.29, 0.717) is 17.9 Å². The summed E-state index contributed by atoms with van der Waals surface area (Å²) in [5, 5.41) is 13.8. The fourth-order valence-electron chi connectivity index (χ4n) is 4.10. The lowest BCUT2D eigenvalue weighted by molar-refractivity contribution is -0.138. The normalized spacial score (nSPS) is 16.7. The second kappa shape index (κ2) is 13.2. The first-order chi connectivity index (χ1) is 18.4. The van der Waals surface area contributed by atoms with Crippen LogP contribution in [0.2, 0.25) is 0 Å². The van der Waals surface area contributed by atoms with Crippen LogP contribution in [0.15, 0.2) is 30.3 Å². The summed E-state index contributed by atoms with van der Waals surface area (Å²) >= 11 is 1.22. The molecule has 2 amide bonds. The lowest BCUT2D eigenvalue weighted by Crippen LogP contribution is -2.46. The first kappa shape index (κ1) is 30.2. The van der Waals surface area contributed by atoms with Crippen LogP contribution >= 0.6 is 11.8 Å². The molecule has 0 aromatic heterocycles. The Hall–Kier alpha value is -3.32. The predicted octanol–water partition coefficient (Wildman–Crippen LogP) is 3.24. The number of anilines is 1. The van der Waals surface area contributed by atoms with Crippen LogP contribution in [-0.4, -0.2) is 57.5 Å². The molecule has 13 heteroatoms. The third-order valence-corrected chi connectivity index (χ3v) is 7.41. The third-order valence-electron chi connectivity index (χ3n) is 6.20. The van der Waals surface area contributed by atoms with Gasteiger partial charge in [0.15, 0.2) is 17.0 Å². The lowest BCUT2D eigenvalue weighted by Gasteiger charge is -2.24. The number of hydrogen-bond acceptors (Lipinski definition) is 6. The SMILES string of the molecule is CC(C)C(Nc1ccc(CNC(=O)[C@@H]2SCCN2C(=O)CC(N)Cc2cc(F)c(F)cc2F)c(F)c1)C(=O)O. The van der Waals surface area contributed by atoms with Crippen molar-refractivity contribution in [3.8, 4) is 0 Å². The Kier molecular flexibility index (Phi) is 10.2. The van der Waals surface area contributed by atoms with Crippen LogP contribution in [0.3, 0.4) is 0 Å². The molecule has 2 aromatic rings. The smallest absolute Gasteiger partial charge is 0.326 e. The fourth-order valence-corrected chi connectivity index (χ4v) is 5.27. The summed E-state index contributed by atoms with van der Waals surface area (Å²) in [6.45, 7) is 3.55. The third kappa shape index (κ3) is 7.85. The summed E-state index contributed by atoms with van der Waals surface area (Å²) < 4.78 is 55.2. The summed E-state index contributed by atoms with van der Waals surface area (Å²) in [5.41, 5.74) is 6.25. The van der Waals surface area contributed by atoms with Gasteiger partial charge in [-0.1, -0.05) is 19.9 Å². The van der Waals surface area contributed by atoms with Crippen molar-refractivity contribution in [3.63, 3.8) is 0 Å². The average Bonchev–Trinajstić information content (AvgIpc) is 3.35. The van der Waals surface area contributed by atoms with E-state index < -0.39 is 58.5 Å². The minimum atomic E-state index is -1.32. The molecule has 3 atom stereocenters. The molecular formula is C26H30F4N4O4S. The second-order valence-electron chi connectivity index (χ2n) is 9.56. The van der Waals surface area contributed by atoms with Crippen LogP contribution < -0.4 is 16.4 Å². The maximum atomic E-state index is 14.6. The summed E-state index contributed by atoms with van der Waals surface area (Å²) in [5.74, 6) is -5.96. The van der Waals surface area contributed by atoms with Gasteiger partial charge in [0, 0.05) is 48.6 Å². The van der Waals surface area contributed by atoms with E-state index in [0.717, 1.165) is 6.07 Å². The molecule has 2 aromatic carbocycles. The van der Waals surface area contributed by atoms with Crippen molar-refractivity contribution in [2.24, 2.45) is 11.7 Å². The highest BCUT2D eigenvalue weighted by Gasteiger charge is 2.35. The highest BCUT2D eigenvalue weighted by Crippen LogP contribution is 2.26. The van der Waals surface area contributed by atoms with Gasteiger partial charge in [0.2, 0.25) is 5.91 Å². The van der Waals surface area contributed by atoms with E-state index in [2.05, 4.69) is 10.6 Å². The second-order valence-corrected chi connectivity index (χ2v) is 10.8.